The molecule has 0 saturated heterocycles. The molecule has 0 aliphatic rings. The maximum Gasteiger partial charge on any atom is 0.264 e. The first-order valence-electron chi connectivity index (χ1n) is 13.0. The molecule has 0 unspecified atom stereocenters. The molecule has 1 atom stereocenters. The average molecular weight is 570 g/mol. The monoisotopic (exact) mass is 569 g/mol. The number of nitrogens with zero attached hydrogens (tertiary/aromatic N) is 2. The van der Waals surface area contributed by atoms with Gasteiger partial charge in [0.2, 0.25) is 11.8 Å². The zero-order valence-corrected chi connectivity index (χ0v) is 24.4. The minimum atomic E-state index is -4.13. The highest BCUT2D eigenvalue weighted by atomic mass is 35.5. The third kappa shape index (κ3) is 7.61. The van der Waals surface area contributed by atoms with Gasteiger partial charge in [-0.1, -0.05) is 72.6 Å². The van der Waals surface area contributed by atoms with Crippen LogP contribution in [-0.4, -0.2) is 50.8 Å². The third-order valence-electron chi connectivity index (χ3n) is 6.55. The Labute approximate surface area is 236 Å². The predicted octanol–water partition coefficient (Wildman–Crippen LogP) is 5.14. The Morgan fingerprint density at radius 1 is 0.949 bits per heavy atom. The van der Waals surface area contributed by atoms with E-state index in [1.165, 1.54) is 17.0 Å². The van der Waals surface area contributed by atoms with Crippen molar-refractivity contribution in [3.05, 3.63) is 94.5 Å². The van der Waals surface area contributed by atoms with Crippen LogP contribution in [0.1, 0.15) is 37.0 Å². The smallest absolute Gasteiger partial charge is 0.264 e. The number of halogens is 1. The number of likely N-dealkylation sites (N-methyl/N-ethyl adjacent to an activating group) is 1. The van der Waals surface area contributed by atoms with Crippen molar-refractivity contribution in [1.82, 2.24) is 10.2 Å². The molecule has 0 spiro atoms. The van der Waals surface area contributed by atoms with Crippen molar-refractivity contribution >= 4 is 39.1 Å². The number of rotatable bonds is 12. The fraction of sp³-hybridized carbons (Fsp3) is 0.333. The van der Waals surface area contributed by atoms with Gasteiger partial charge in [-0.3, -0.25) is 13.9 Å². The number of aryl methyl sites for hydroxylation is 2. The number of hydrogen-bond donors (Lipinski definition) is 1. The summed E-state index contributed by atoms with van der Waals surface area (Å²) in [5.41, 5.74) is 2.98. The van der Waals surface area contributed by atoms with Crippen LogP contribution >= 0.6 is 11.6 Å². The Bertz CT molecular complexity index is 1380. The number of carbonyl (C=O) groups excluding carboxylic acids is 2. The molecule has 0 saturated carbocycles. The molecule has 0 aromatic heterocycles. The van der Waals surface area contributed by atoms with Gasteiger partial charge < -0.3 is 10.2 Å². The standard InChI is InChI=1S/C30H36ClN3O4S/c1-5-28(30(36)32-6-2)33(19-18-24-10-8-7-9-11-24)29(35)21-34(25-15-14-23(4)27(31)20-25)39(37,38)26-16-12-22(3)13-17-26/h7-17,20,28H,5-6,18-19,21H2,1-4H3,(H,32,36)/t28-/m0/s1. The van der Waals surface area contributed by atoms with Crippen LogP contribution < -0.4 is 9.62 Å². The van der Waals surface area contributed by atoms with E-state index in [2.05, 4.69) is 5.32 Å². The lowest BCUT2D eigenvalue weighted by Gasteiger charge is -2.33. The summed E-state index contributed by atoms with van der Waals surface area (Å²) < 4.78 is 28.8. The zero-order valence-electron chi connectivity index (χ0n) is 22.9. The summed E-state index contributed by atoms with van der Waals surface area (Å²) in [4.78, 5) is 28.5. The summed E-state index contributed by atoms with van der Waals surface area (Å²) in [6, 6.07) is 20.3. The van der Waals surface area contributed by atoms with Gasteiger partial charge in [0.25, 0.3) is 10.0 Å². The van der Waals surface area contributed by atoms with E-state index in [1.54, 1.807) is 30.3 Å². The molecule has 3 aromatic carbocycles. The first-order valence-corrected chi connectivity index (χ1v) is 14.9. The molecule has 0 heterocycles. The lowest BCUT2D eigenvalue weighted by Crippen LogP contribution is -2.53. The summed E-state index contributed by atoms with van der Waals surface area (Å²) in [5.74, 6) is -0.746. The van der Waals surface area contributed by atoms with Gasteiger partial charge in [0.1, 0.15) is 12.6 Å². The van der Waals surface area contributed by atoms with Gasteiger partial charge in [-0.05, 0) is 69.0 Å². The number of amides is 2. The number of nitrogens with one attached hydrogen (secondary N) is 1. The van der Waals surface area contributed by atoms with E-state index in [4.69, 9.17) is 11.6 Å². The summed E-state index contributed by atoms with van der Waals surface area (Å²) >= 11 is 6.37. The zero-order chi connectivity index (χ0) is 28.6. The van der Waals surface area contributed by atoms with Crippen molar-refractivity contribution in [1.29, 1.82) is 0 Å². The molecule has 1 N–H and O–H groups in total. The highest BCUT2D eigenvalue weighted by Crippen LogP contribution is 2.28. The van der Waals surface area contributed by atoms with E-state index in [0.717, 1.165) is 21.0 Å². The normalized spacial score (nSPS) is 12.0. The summed E-state index contributed by atoms with van der Waals surface area (Å²) in [6.07, 6.45) is 0.900. The van der Waals surface area contributed by atoms with Crippen molar-refractivity contribution in [3.63, 3.8) is 0 Å². The SMILES string of the molecule is CCNC(=O)[C@H](CC)N(CCc1ccccc1)C(=O)CN(c1ccc(C)c(Cl)c1)S(=O)(=O)c1ccc(C)cc1. The Balaban J connectivity index is 2.03. The fourth-order valence-electron chi connectivity index (χ4n) is 4.29. The number of carbonyl (C=O) groups is 2. The molecule has 0 aliphatic carbocycles. The van der Waals surface area contributed by atoms with Gasteiger partial charge in [-0.25, -0.2) is 8.42 Å². The second-order valence-corrected chi connectivity index (χ2v) is 11.7. The molecular weight excluding hydrogens is 534 g/mol. The molecule has 0 fully saturated rings. The molecule has 7 nitrogen and oxygen atoms in total. The van der Waals surface area contributed by atoms with Gasteiger partial charge in [-0.15, -0.1) is 0 Å². The molecule has 3 rings (SSSR count). The van der Waals surface area contributed by atoms with Crippen LogP contribution in [0.15, 0.2) is 77.7 Å². The van der Waals surface area contributed by atoms with Crippen LogP contribution in [0.5, 0.6) is 0 Å². The fourth-order valence-corrected chi connectivity index (χ4v) is 5.87. The van der Waals surface area contributed by atoms with Crippen LogP contribution in [-0.2, 0) is 26.0 Å². The van der Waals surface area contributed by atoms with E-state index in [1.807, 2.05) is 58.0 Å². The molecule has 3 aromatic rings. The van der Waals surface area contributed by atoms with E-state index in [-0.39, 0.29) is 23.0 Å². The third-order valence-corrected chi connectivity index (χ3v) is 8.75. The lowest BCUT2D eigenvalue weighted by molar-refractivity contribution is -0.139. The second-order valence-electron chi connectivity index (χ2n) is 9.40. The van der Waals surface area contributed by atoms with E-state index >= 15 is 0 Å². The highest BCUT2D eigenvalue weighted by Gasteiger charge is 2.33. The summed E-state index contributed by atoms with van der Waals surface area (Å²) in [7, 11) is -4.13. The summed E-state index contributed by atoms with van der Waals surface area (Å²) in [5, 5.41) is 3.20. The Morgan fingerprint density at radius 2 is 1.62 bits per heavy atom. The van der Waals surface area contributed by atoms with Crippen LogP contribution in [0.3, 0.4) is 0 Å². The molecular formula is C30H36ClN3O4S. The first-order chi connectivity index (χ1) is 18.6. The second kappa shape index (κ2) is 13.6. The molecule has 39 heavy (non-hydrogen) atoms. The van der Waals surface area contributed by atoms with E-state index in [9.17, 15) is 18.0 Å². The Morgan fingerprint density at radius 3 is 2.21 bits per heavy atom. The molecule has 2 amide bonds. The lowest BCUT2D eigenvalue weighted by atomic mass is 10.1. The molecule has 208 valence electrons. The van der Waals surface area contributed by atoms with Gasteiger partial charge in [0, 0.05) is 18.1 Å². The molecule has 0 bridgehead atoms. The average Bonchev–Trinajstić information content (AvgIpc) is 2.92. The van der Waals surface area contributed by atoms with E-state index in [0.29, 0.717) is 24.4 Å². The number of hydrogen-bond acceptors (Lipinski definition) is 4. The van der Waals surface area contributed by atoms with E-state index < -0.39 is 28.5 Å². The highest BCUT2D eigenvalue weighted by molar-refractivity contribution is 7.92. The minimum absolute atomic E-state index is 0.0594. The van der Waals surface area contributed by atoms with Crippen molar-refractivity contribution in [2.45, 2.75) is 51.5 Å². The number of anilines is 1. The number of benzene rings is 3. The maximum absolute atomic E-state index is 13.9. The predicted molar refractivity (Wildman–Crippen MR) is 157 cm³/mol. The van der Waals surface area contributed by atoms with Crippen molar-refractivity contribution in [2.24, 2.45) is 0 Å². The van der Waals surface area contributed by atoms with Gasteiger partial charge in [-0.2, -0.15) is 0 Å². The molecule has 0 radical (unpaired) electrons. The topological polar surface area (TPSA) is 86.8 Å². The van der Waals surface area contributed by atoms with Gasteiger partial charge in [0.15, 0.2) is 0 Å². The summed E-state index contributed by atoms with van der Waals surface area (Å²) in [6.45, 7) is 7.53. The van der Waals surface area contributed by atoms with Crippen LogP contribution in [0, 0.1) is 13.8 Å². The Hall–Kier alpha value is -3.36. The first kappa shape index (κ1) is 30.2. The van der Waals surface area contributed by atoms with Crippen molar-refractivity contribution in [2.75, 3.05) is 23.9 Å². The molecule has 9 heteroatoms. The van der Waals surface area contributed by atoms with Crippen molar-refractivity contribution in [3.8, 4) is 0 Å². The Kier molecular flexibility index (Phi) is 10.5. The van der Waals surface area contributed by atoms with Crippen LogP contribution in [0.25, 0.3) is 0 Å². The van der Waals surface area contributed by atoms with Gasteiger partial charge in [0.05, 0.1) is 10.6 Å². The van der Waals surface area contributed by atoms with Crippen LogP contribution in [0.4, 0.5) is 5.69 Å². The molecule has 0 aliphatic heterocycles. The van der Waals surface area contributed by atoms with Gasteiger partial charge >= 0.3 is 0 Å². The van der Waals surface area contributed by atoms with Crippen molar-refractivity contribution < 1.29 is 18.0 Å². The maximum atomic E-state index is 13.9. The van der Waals surface area contributed by atoms with Crippen LogP contribution in [0.2, 0.25) is 5.02 Å². The minimum Gasteiger partial charge on any atom is -0.355 e. The number of sulfonamides is 1. The quantitative estimate of drug-likeness (QED) is 0.327. The largest absolute Gasteiger partial charge is 0.355 e.